The number of carboxylic acids is 1. The summed E-state index contributed by atoms with van der Waals surface area (Å²) in [5.41, 5.74) is 7.02. The van der Waals surface area contributed by atoms with Crippen molar-refractivity contribution in [2.24, 2.45) is 0 Å². The molecule has 0 atom stereocenters. The van der Waals surface area contributed by atoms with Crippen LogP contribution in [0.25, 0.3) is 0 Å². The number of carbonyl (C=O) groups is 1. The molecule has 4 N–H and O–H groups in total. The molecule has 0 radical (unpaired) electrons. The fourth-order valence-electron chi connectivity index (χ4n) is 2.03. The maximum absolute atomic E-state index is 10.9. The van der Waals surface area contributed by atoms with Crippen molar-refractivity contribution in [2.45, 2.75) is 45.4 Å². The van der Waals surface area contributed by atoms with Crippen molar-refractivity contribution in [1.82, 2.24) is 0 Å². The van der Waals surface area contributed by atoms with Crippen LogP contribution in [0.5, 0.6) is 0 Å². The summed E-state index contributed by atoms with van der Waals surface area (Å²) in [6, 6.07) is 5.05. The lowest BCUT2D eigenvalue weighted by Crippen LogP contribution is -2.08. The van der Waals surface area contributed by atoms with Gasteiger partial charge in [0.05, 0.1) is 16.9 Å². The molecule has 106 valence electrons. The van der Waals surface area contributed by atoms with E-state index >= 15 is 0 Å². The first kappa shape index (κ1) is 15.3. The van der Waals surface area contributed by atoms with Crippen LogP contribution in [0.2, 0.25) is 0 Å². The Bertz CT molecular complexity index is 405. The molecule has 0 aliphatic carbocycles. The molecule has 1 aromatic rings. The summed E-state index contributed by atoms with van der Waals surface area (Å²) in [5.74, 6) is -0.985. The van der Waals surface area contributed by atoms with Crippen molar-refractivity contribution in [1.29, 1.82) is 0 Å². The Balaban J connectivity index is 2.33. The number of hydrogen-bond acceptors (Lipinski definition) is 3. The van der Waals surface area contributed by atoms with E-state index in [9.17, 15) is 4.79 Å². The van der Waals surface area contributed by atoms with Crippen LogP contribution in [0, 0.1) is 0 Å². The summed E-state index contributed by atoms with van der Waals surface area (Å²) in [7, 11) is 0. The van der Waals surface area contributed by atoms with Crippen LogP contribution >= 0.6 is 0 Å². The van der Waals surface area contributed by atoms with E-state index < -0.39 is 5.97 Å². The summed E-state index contributed by atoms with van der Waals surface area (Å²) in [4.78, 5) is 10.9. The fraction of sp³-hybridized carbons (Fsp3) is 0.533. The first-order valence-electron chi connectivity index (χ1n) is 7.02. The summed E-state index contributed by atoms with van der Waals surface area (Å²) < 4.78 is 0. The third kappa shape index (κ3) is 5.20. The molecule has 0 aromatic heterocycles. The van der Waals surface area contributed by atoms with Gasteiger partial charge in [-0.1, -0.05) is 45.1 Å². The highest BCUT2D eigenvalue weighted by Gasteiger charge is 2.10. The minimum atomic E-state index is -0.985. The lowest BCUT2D eigenvalue weighted by Gasteiger charge is -2.11. The molecule has 0 spiro atoms. The Labute approximate surface area is 115 Å². The van der Waals surface area contributed by atoms with Gasteiger partial charge in [0.25, 0.3) is 0 Å². The van der Waals surface area contributed by atoms with E-state index in [-0.39, 0.29) is 5.56 Å². The summed E-state index contributed by atoms with van der Waals surface area (Å²) in [6.07, 6.45) is 7.41. The predicted molar refractivity (Wildman–Crippen MR) is 79.7 cm³/mol. The zero-order valence-corrected chi connectivity index (χ0v) is 11.6. The Morgan fingerprint density at radius 2 is 1.89 bits per heavy atom. The minimum absolute atomic E-state index is 0.160. The van der Waals surface area contributed by atoms with Crippen molar-refractivity contribution in [3.8, 4) is 0 Å². The van der Waals surface area contributed by atoms with Gasteiger partial charge in [-0.3, -0.25) is 0 Å². The molecular formula is C15H24N2O2. The molecule has 0 fully saturated rings. The van der Waals surface area contributed by atoms with E-state index in [4.69, 9.17) is 10.8 Å². The third-order valence-corrected chi connectivity index (χ3v) is 3.18. The maximum atomic E-state index is 10.9. The van der Waals surface area contributed by atoms with Crippen molar-refractivity contribution in [3.05, 3.63) is 23.8 Å². The Morgan fingerprint density at radius 3 is 2.58 bits per heavy atom. The van der Waals surface area contributed by atoms with Crippen LogP contribution in [0.1, 0.15) is 55.8 Å². The zero-order valence-electron chi connectivity index (χ0n) is 11.6. The maximum Gasteiger partial charge on any atom is 0.337 e. The van der Waals surface area contributed by atoms with Crippen molar-refractivity contribution in [2.75, 3.05) is 17.6 Å². The number of para-hydroxylation sites is 1. The van der Waals surface area contributed by atoms with Gasteiger partial charge in [-0.05, 0) is 18.6 Å². The van der Waals surface area contributed by atoms with Crippen molar-refractivity contribution in [3.63, 3.8) is 0 Å². The molecule has 1 aromatic carbocycles. The number of unbranched alkanes of at least 4 members (excludes halogenated alkanes) is 5. The molecule has 1 rings (SSSR count). The molecule has 19 heavy (non-hydrogen) atoms. The summed E-state index contributed by atoms with van der Waals surface area (Å²) in [6.45, 7) is 3.04. The molecule has 0 aliphatic rings. The average molecular weight is 264 g/mol. The number of anilines is 2. The summed E-state index contributed by atoms with van der Waals surface area (Å²) >= 11 is 0. The number of nitrogen functional groups attached to an aromatic ring is 1. The molecular weight excluding hydrogens is 240 g/mol. The van der Waals surface area contributed by atoms with E-state index in [2.05, 4.69) is 12.2 Å². The monoisotopic (exact) mass is 264 g/mol. The van der Waals surface area contributed by atoms with Gasteiger partial charge in [-0.2, -0.15) is 0 Å². The van der Waals surface area contributed by atoms with E-state index in [0.29, 0.717) is 11.4 Å². The first-order valence-corrected chi connectivity index (χ1v) is 7.02. The Morgan fingerprint density at radius 1 is 1.21 bits per heavy atom. The Hall–Kier alpha value is -1.71. The zero-order chi connectivity index (χ0) is 14.1. The standard InChI is InChI=1S/C15H24N2O2/c1-2-3-4-5-6-7-11-17-13-10-8-9-12(14(13)16)15(18)19/h8-10,17H,2-7,11,16H2,1H3,(H,18,19). The molecule has 0 amide bonds. The first-order chi connectivity index (χ1) is 9.16. The smallest absolute Gasteiger partial charge is 0.337 e. The largest absolute Gasteiger partial charge is 0.478 e. The van der Waals surface area contributed by atoms with Gasteiger partial charge in [0.2, 0.25) is 0 Å². The fourth-order valence-corrected chi connectivity index (χ4v) is 2.03. The van der Waals surface area contributed by atoms with Gasteiger partial charge in [-0.15, -0.1) is 0 Å². The van der Waals surface area contributed by atoms with Crippen LogP contribution in [0.4, 0.5) is 11.4 Å². The van der Waals surface area contributed by atoms with E-state index in [1.807, 2.05) is 6.07 Å². The SMILES string of the molecule is CCCCCCCCNc1cccc(C(=O)O)c1N. The van der Waals surface area contributed by atoms with Crippen molar-refractivity contribution < 1.29 is 9.90 Å². The predicted octanol–water partition coefficient (Wildman–Crippen LogP) is 3.74. The second-order valence-electron chi connectivity index (χ2n) is 4.77. The highest BCUT2D eigenvalue weighted by molar-refractivity contribution is 5.97. The summed E-state index contributed by atoms with van der Waals surface area (Å²) in [5, 5.41) is 12.2. The van der Waals surface area contributed by atoms with Crippen molar-refractivity contribution >= 4 is 17.3 Å². The molecule has 0 unspecified atom stereocenters. The Kier molecular flexibility index (Phi) is 6.79. The van der Waals surface area contributed by atoms with Gasteiger partial charge in [0.15, 0.2) is 0 Å². The third-order valence-electron chi connectivity index (χ3n) is 3.18. The number of rotatable bonds is 9. The number of aromatic carboxylic acids is 1. The quantitative estimate of drug-likeness (QED) is 0.469. The molecule has 4 heteroatoms. The number of carboxylic acid groups (broad SMARTS) is 1. The topological polar surface area (TPSA) is 75.3 Å². The second-order valence-corrected chi connectivity index (χ2v) is 4.77. The van der Waals surface area contributed by atoms with E-state index in [0.717, 1.165) is 13.0 Å². The lowest BCUT2D eigenvalue weighted by atomic mass is 10.1. The lowest BCUT2D eigenvalue weighted by molar-refractivity contribution is 0.0698. The molecule has 0 bridgehead atoms. The average Bonchev–Trinajstić information content (AvgIpc) is 2.39. The number of hydrogen-bond donors (Lipinski definition) is 3. The van der Waals surface area contributed by atoms with Gasteiger partial charge in [-0.25, -0.2) is 4.79 Å². The van der Waals surface area contributed by atoms with Crippen LogP contribution in [0.3, 0.4) is 0 Å². The number of nitrogens with one attached hydrogen (secondary N) is 1. The highest BCUT2D eigenvalue weighted by atomic mass is 16.4. The molecule has 0 saturated heterocycles. The molecule has 0 aliphatic heterocycles. The highest BCUT2D eigenvalue weighted by Crippen LogP contribution is 2.22. The van der Waals surface area contributed by atoms with Gasteiger partial charge in [0.1, 0.15) is 0 Å². The molecule has 0 heterocycles. The van der Waals surface area contributed by atoms with Crippen LogP contribution < -0.4 is 11.1 Å². The van der Waals surface area contributed by atoms with Gasteiger partial charge >= 0.3 is 5.97 Å². The van der Waals surface area contributed by atoms with Crippen LogP contribution in [-0.2, 0) is 0 Å². The van der Waals surface area contributed by atoms with Crippen LogP contribution in [-0.4, -0.2) is 17.6 Å². The van der Waals surface area contributed by atoms with Gasteiger partial charge < -0.3 is 16.2 Å². The van der Waals surface area contributed by atoms with Crippen LogP contribution in [0.15, 0.2) is 18.2 Å². The van der Waals surface area contributed by atoms with E-state index in [1.54, 1.807) is 6.07 Å². The molecule has 4 nitrogen and oxygen atoms in total. The van der Waals surface area contributed by atoms with E-state index in [1.165, 1.54) is 38.2 Å². The normalized spacial score (nSPS) is 10.4. The molecule has 0 saturated carbocycles. The van der Waals surface area contributed by atoms with Gasteiger partial charge in [0, 0.05) is 6.54 Å². The number of benzene rings is 1. The number of nitrogens with two attached hydrogens (primary N) is 1. The second kappa shape index (κ2) is 8.40. The minimum Gasteiger partial charge on any atom is -0.478 e.